The number of thiazole rings is 1. The number of imidazole rings is 1. The Bertz CT molecular complexity index is 1510. The summed E-state index contributed by atoms with van der Waals surface area (Å²) < 4.78 is 31.1. The highest BCUT2D eigenvalue weighted by atomic mass is 32.1. The predicted molar refractivity (Wildman–Crippen MR) is 144 cm³/mol. The van der Waals surface area contributed by atoms with Crippen LogP contribution in [0.4, 0.5) is 8.78 Å². The maximum atomic E-state index is 15.0. The van der Waals surface area contributed by atoms with E-state index in [2.05, 4.69) is 20.5 Å². The van der Waals surface area contributed by atoms with Crippen LogP contribution in [-0.2, 0) is 4.79 Å². The zero-order valence-electron chi connectivity index (χ0n) is 20.9. The van der Waals surface area contributed by atoms with Crippen molar-refractivity contribution in [1.82, 2.24) is 24.9 Å². The Hall–Kier alpha value is -3.37. The number of hydrogen-bond acceptors (Lipinski definition) is 5. The second-order valence-corrected chi connectivity index (χ2v) is 11.1. The molecule has 6 rings (SSSR count). The van der Waals surface area contributed by atoms with Crippen LogP contribution in [0.15, 0.2) is 42.6 Å². The molecule has 0 radical (unpaired) electrons. The first-order valence-electron chi connectivity index (χ1n) is 13.1. The van der Waals surface area contributed by atoms with Gasteiger partial charge in [-0.05, 0) is 68.1 Å². The minimum atomic E-state index is -0.673. The summed E-state index contributed by atoms with van der Waals surface area (Å²) in [5.41, 5.74) is 3.20. The van der Waals surface area contributed by atoms with Gasteiger partial charge in [0.1, 0.15) is 12.0 Å². The van der Waals surface area contributed by atoms with Gasteiger partial charge in [0.05, 0.1) is 22.0 Å². The van der Waals surface area contributed by atoms with Gasteiger partial charge in [-0.2, -0.15) is 0 Å². The van der Waals surface area contributed by atoms with Crippen LogP contribution < -0.4 is 10.6 Å². The van der Waals surface area contributed by atoms with Gasteiger partial charge in [-0.3, -0.25) is 14.0 Å². The topological polar surface area (TPSA) is 78.7 Å². The minimum absolute atomic E-state index is 0.00679. The van der Waals surface area contributed by atoms with Gasteiger partial charge in [-0.1, -0.05) is 17.4 Å². The number of likely N-dealkylation sites (tertiary alicyclic amines) is 1. The molecule has 38 heavy (non-hydrogen) atoms. The van der Waals surface area contributed by atoms with E-state index in [-0.39, 0.29) is 23.7 Å². The summed E-state index contributed by atoms with van der Waals surface area (Å²) in [5.74, 6) is -0.501. The van der Waals surface area contributed by atoms with Crippen molar-refractivity contribution in [2.45, 2.75) is 44.3 Å². The van der Waals surface area contributed by atoms with Crippen molar-refractivity contribution in [2.24, 2.45) is 0 Å². The summed E-state index contributed by atoms with van der Waals surface area (Å²) in [6.07, 6.45) is 4.30. The third-order valence-electron chi connectivity index (χ3n) is 7.48. The molecule has 2 saturated heterocycles. The van der Waals surface area contributed by atoms with Gasteiger partial charge in [0.15, 0.2) is 4.96 Å². The molecule has 0 unspecified atom stereocenters. The van der Waals surface area contributed by atoms with Crippen LogP contribution >= 0.6 is 11.3 Å². The Morgan fingerprint density at radius 2 is 2.00 bits per heavy atom. The normalized spacial score (nSPS) is 18.9. The number of halogens is 2. The van der Waals surface area contributed by atoms with E-state index < -0.39 is 6.17 Å². The summed E-state index contributed by atoms with van der Waals surface area (Å²) in [5, 5.41) is 5.85. The predicted octanol–water partition coefficient (Wildman–Crippen LogP) is 4.86. The standard InChI is InChI=1S/C28H29F2N5O2S/c29-19-8-12-34(13-9-19)11-1-10-31-27(37)18-3-6-24-25(15-18)38-28-33-23(16-35(24)28)20-4-2-17(14-21(20)30)22-5-7-26(36)32-22/h2-4,6,14-16,19,22H,1,5,7-13H2,(H,31,37)(H,32,36)/t22-/m0/s1. The second-order valence-electron chi connectivity index (χ2n) is 10.1. The number of alkyl halides is 1. The lowest BCUT2D eigenvalue weighted by Crippen LogP contribution is -2.36. The van der Waals surface area contributed by atoms with Crippen molar-refractivity contribution in [1.29, 1.82) is 0 Å². The molecular weight excluding hydrogens is 508 g/mol. The molecule has 2 amide bonds. The van der Waals surface area contributed by atoms with Crippen LogP contribution in [0.2, 0.25) is 0 Å². The largest absolute Gasteiger partial charge is 0.352 e. The molecule has 0 spiro atoms. The van der Waals surface area contributed by atoms with E-state index in [9.17, 15) is 14.0 Å². The average molecular weight is 538 g/mol. The number of piperidine rings is 1. The quantitative estimate of drug-likeness (QED) is 0.330. The lowest BCUT2D eigenvalue weighted by Gasteiger charge is -2.28. The third kappa shape index (κ3) is 5.02. The number of carbonyl (C=O) groups excluding carboxylic acids is 2. The first-order chi connectivity index (χ1) is 18.4. The molecule has 7 nitrogen and oxygen atoms in total. The number of nitrogens with zero attached hydrogens (tertiary/aromatic N) is 3. The maximum Gasteiger partial charge on any atom is 0.251 e. The van der Waals surface area contributed by atoms with E-state index in [0.717, 1.165) is 46.8 Å². The monoisotopic (exact) mass is 537 g/mol. The highest BCUT2D eigenvalue weighted by Gasteiger charge is 2.24. The van der Waals surface area contributed by atoms with E-state index in [1.807, 2.05) is 28.8 Å². The van der Waals surface area contributed by atoms with Crippen molar-refractivity contribution in [2.75, 3.05) is 26.2 Å². The zero-order chi connectivity index (χ0) is 26.2. The second kappa shape index (κ2) is 10.4. The molecule has 1 atom stereocenters. The summed E-state index contributed by atoms with van der Waals surface area (Å²) in [4.78, 5) is 31.8. The summed E-state index contributed by atoms with van der Waals surface area (Å²) in [7, 11) is 0. The van der Waals surface area contributed by atoms with E-state index in [1.165, 1.54) is 17.4 Å². The van der Waals surface area contributed by atoms with E-state index in [0.29, 0.717) is 49.0 Å². The van der Waals surface area contributed by atoms with Gasteiger partial charge in [0.25, 0.3) is 5.91 Å². The molecule has 10 heteroatoms. The number of carbonyl (C=O) groups is 2. The van der Waals surface area contributed by atoms with Crippen LogP contribution in [-0.4, -0.2) is 58.4 Å². The van der Waals surface area contributed by atoms with Crippen LogP contribution in [0, 0.1) is 5.82 Å². The fourth-order valence-electron chi connectivity index (χ4n) is 5.32. The van der Waals surface area contributed by atoms with Gasteiger partial charge in [-0.15, -0.1) is 0 Å². The van der Waals surface area contributed by atoms with Gasteiger partial charge >= 0.3 is 0 Å². The molecule has 0 saturated carbocycles. The summed E-state index contributed by atoms with van der Waals surface area (Å²) >= 11 is 1.45. The smallest absolute Gasteiger partial charge is 0.251 e. The van der Waals surface area contributed by atoms with E-state index >= 15 is 4.39 Å². The van der Waals surface area contributed by atoms with Crippen molar-refractivity contribution >= 4 is 38.3 Å². The first kappa shape index (κ1) is 24.9. The van der Waals surface area contributed by atoms with Crippen LogP contribution in [0.5, 0.6) is 0 Å². The Morgan fingerprint density at radius 1 is 1.16 bits per heavy atom. The number of benzene rings is 2. The molecule has 2 aliphatic heterocycles. The van der Waals surface area contributed by atoms with Gasteiger partial charge in [0.2, 0.25) is 5.91 Å². The van der Waals surface area contributed by atoms with Gasteiger partial charge in [0, 0.05) is 43.4 Å². The molecule has 2 N–H and O–H groups in total. The molecule has 2 fully saturated rings. The molecule has 2 aromatic heterocycles. The number of fused-ring (bicyclic) bond motifs is 3. The molecule has 2 aliphatic rings. The Morgan fingerprint density at radius 3 is 2.76 bits per heavy atom. The van der Waals surface area contributed by atoms with Crippen molar-refractivity contribution < 1.29 is 18.4 Å². The Labute approximate surface area is 222 Å². The van der Waals surface area contributed by atoms with Gasteiger partial charge in [-0.25, -0.2) is 13.8 Å². The maximum absolute atomic E-state index is 15.0. The third-order valence-corrected chi connectivity index (χ3v) is 8.49. The average Bonchev–Trinajstić information content (AvgIpc) is 3.61. The fourth-order valence-corrected chi connectivity index (χ4v) is 6.37. The van der Waals surface area contributed by atoms with Crippen LogP contribution in [0.3, 0.4) is 0 Å². The lowest BCUT2D eigenvalue weighted by molar-refractivity contribution is -0.119. The van der Waals surface area contributed by atoms with E-state index in [4.69, 9.17) is 0 Å². The van der Waals surface area contributed by atoms with Crippen LogP contribution in [0.25, 0.3) is 26.4 Å². The fraction of sp³-hybridized carbons (Fsp3) is 0.393. The SMILES string of the molecule is O=C1CC[C@@H](c2ccc(-c3cn4c(n3)sc3cc(C(=O)NCCCN5CCC(F)CC5)ccc34)c(F)c2)N1. The molecule has 4 aromatic rings. The zero-order valence-corrected chi connectivity index (χ0v) is 21.7. The van der Waals surface area contributed by atoms with E-state index in [1.54, 1.807) is 12.1 Å². The lowest BCUT2D eigenvalue weighted by atomic mass is 10.0. The number of nitrogens with one attached hydrogen (secondary N) is 2. The summed E-state index contributed by atoms with van der Waals surface area (Å²) in [6.45, 7) is 3.00. The van der Waals surface area contributed by atoms with Crippen molar-refractivity contribution in [3.63, 3.8) is 0 Å². The van der Waals surface area contributed by atoms with Gasteiger partial charge < -0.3 is 15.5 Å². The van der Waals surface area contributed by atoms with Crippen LogP contribution in [0.1, 0.15) is 54.1 Å². The molecule has 198 valence electrons. The molecule has 0 aliphatic carbocycles. The summed E-state index contributed by atoms with van der Waals surface area (Å²) in [6, 6.07) is 10.4. The highest BCUT2D eigenvalue weighted by molar-refractivity contribution is 7.23. The Balaban J connectivity index is 1.12. The number of aromatic nitrogens is 2. The molecule has 0 bridgehead atoms. The first-order valence-corrected chi connectivity index (χ1v) is 13.9. The Kier molecular flexibility index (Phi) is 6.84. The molecular formula is C28H29F2N5O2S. The highest BCUT2D eigenvalue weighted by Crippen LogP contribution is 2.33. The minimum Gasteiger partial charge on any atom is -0.352 e. The van der Waals surface area contributed by atoms with Crippen molar-refractivity contribution in [3.05, 3.63) is 59.5 Å². The van der Waals surface area contributed by atoms with Crippen molar-refractivity contribution in [3.8, 4) is 11.3 Å². The molecule has 4 heterocycles. The number of hydrogen-bond donors (Lipinski definition) is 2. The molecule has 2 aromatic carbocycles. The number of amides is 2. The number of rotatable bonds is 7.